The highest BCUT2D eigenvalue weighted by Gasteiger charge is 2.46. The van der Waals surface area contributed by atoms with E-state index in [0.29, 0.717) is 32.7 Å². The van der Waals surface area contributed by atoms with Gasteiger partial charge in [0.1, 0.15) is 23.8 Å². The zero-order valence-electron chi connectivity index (χ0n) is 16.5. The minimum absolute atomic E-state index is 0.191. The first-order chi connectivity index (χ1) is 14.4. The topological polar surface area (TPSA) is 114 Å². The van der Waals surface area contributed by atoms with Crippen molar-refractivity contribution >= 4 is 35.1 Å². The van der Waals surface area contributed by atoms with Gasteiger partial charge in [0.15, 0.2) is 0 Å². The van der Waals surface area contributed by atoms with Gasteiger partial charge in [-0.1, -0.05) is 0 Å². The average Bonchev–Trinajstić information content (AvgIpc) is 2.96. The predicted molar refractivity (Wildman–Crippen MR) is 106 cm³/mol. The first-order valence-corrected chi connectivity index (χ1v) is 8.75. The van der Waals surface area contributed by atoms with Crippen molar-refractivity contribution < 1.29 is 33.4 Å². The van der Waals surface area contributed by atoms with Crippen molar-refractivity contribution in [2.24, 2.45) is 0 Å². The summed E-state index contributed by atoms with van der Waals surface area (Å²) in [6.45, 7) is -0.642. The number of imide groups is 2. The van der Waals surface area contributed by atoms with Crippen LogP contribution >= 0.6 is 0 Å². The first-order valence-electron chi connectivity index (χ1n) is 8.75. The van der Waals surface area contributed by atoms with Crippen LogP contribution < -0.4 is 24.4 Å². The molecule has 10 nitrogen and oxygen atoms in total. The van der Waals surface area contributed by atoms with Crippen molar-refractivity contribution in [1.82, 2.24) is 4.90 Å². The lowest BCUT2D eigenvalue weighted by Crippen LogP contribution is -2.39. The van der Waals surface area contributed by atoms with Crippen molar-refractivity contribution in [3.8, 4) is 17.2 Å². The van der Waals surface area contributed by atoms with Crippen LogP contribution in [0.2, 0.25) is 0 Å². The molecule has 0 radical (unpaired) electrons. The van der Waals surface area contributed by atoms with E-state index in [1.54, 1.807) is 24.3 Å². The highest BCUT2D eigenvalue weighted by atomic mass is 16.5. The summed E-state index contributed by atoms with van der Waals surface area (Å²) in [6.07, 6.45) is 0. The van der Waals surface area contributed by atoms with Crippen LogP contribution in [0.5, 0.6) is 17.2 Å². The minimum Gasteiger partial charge on any atom is -0.497 e. The summed E-state index contributed by atoms with van der Waals surface area (Å²) in [5, 5.41) is 2.55. The highest BCUT2D eigenvalue weighted by Crippen LogP contribution is 2.29. The number of methoxy groups -OCH3 is 3. The Morgan fingerprint density at radius 1 is 0.867 bits per heavy atom. The number of ether oxygens (including phenoxy) is 3. The second kappa shape index (κ2) is 8.52. The number of benzene rings is 2. The molecule has 0 saturated carbocycles. The lowest BCUT2D eigenvalue weighted by Gasteiger charge is -2.16. The summed E-state index contributed by atoms with van der Waals surface area (Å²) >= 11 is 0. The molecule has 3 rings (SSSR count). The van der Waals surface area contributed by atoms with Crippen molar-refractivity contribution in [1.29, 1.82) is 0 Å². The van der Waals surface area contributed by atoms with Crippen LogP contribution in [0.4, 0.5) is 16.2 Å². The number of rotatable bonds is 7. The number of nitrogens with zero attached hydrogens (tertiary/aromatic N) is 2. The molecule has 0 aliphatic carbocycles. The smallest absolute Gasteiger partial charge is 0.339 e. The molecule has 0 aromatic heterocycles. The Labute approximate surface area is 171 Å². The lowest BCUT2D eigenvalue weighted by molar-refractivity contribution is -0.140. The molecular weight excluding hydrogens is 394 g/mol. The van der Waals surface area contributed by atoms with Crippen LogP contribution in [0.25, 0.3) is 0 Å². The van der Waals surface area contributed by atoms with Gasteiger partial charge in [-0.3, -0.25) is 14.4 Å². The Balaban J connectivity index is 1.76. The average molecular weight is 413 g/mol. The summed E-state index contributed by atoms with van der Waals surface area (Å²) in [5.41, 5.74) is 0.482. The molecule has 156 valence electrons. The Hall–Kier alpha value is -4.08. The molecular formula is C20H19N3O7. The number of carbonyl (C=O) groups is 4. The molecule has 2 aromatic rings. The summed E-state index contributed by atoms with van der Waals surface area (Å²) in [7, 11) is 4.37. The third-order valence-electron chi connectivity index (χ3n) is 4.37. The molecule has 10 heteroatoms. The molecule has 0 unspecified atom stereocenters. The van der Waals surface area contributed by atoms with Crippen molar-refractivity contribution in [2.45, 2.75) is 0 Å². The number of carbonyl (C=O) groups excluding carboxylic acids is 4. The lowest BCUT2D eigenvalue weighted by atomic mass is 10.2. The fourth-order valence-electron chi connectivity index (χ4n) is 2.85. The summed E-state index contributed by atoms with van der Waals surface area (Å²) < 4.78 is 15.3. The maximum absolute atomic E-state index is 12.6. The Morgan fingerprint density at radius 2 is 1.50 bits per heavy atom. The molecule has 1 heterocycles. The van der Waals surface area contributed by atoms with E-state index in [2.05, 4.69) is 5.32 Å². The maximum atomic E-state index is 12.6. The van der Waals surface area contributed by atoms with Crippen LogP contribution in [-0.2, 0) is 14.4 Å². The molecule has 1 N–H and O–H groups in total. The molecule has 30 heavy (non-hydrogen) atoms. The molecule has 1 saturated heterocycles. The SMILES string of the molecule is COc1ccc(N2C(=O)C(=O)N(CC(=O)Nc3cc(OC)ccc3OC)C2=O)cc1. The van der Waals surface area contributed by atoms with E-state index < -0.39 is 30.3 Å². The second-order valence-electron chi connectivity index (χ2n) is 6.13. The van der Waals surface area contributed by atoms with Gasteiger partial charge in [0.05, 0.1) is 32.7 Å². The molecule has 0 bridgehead atoms. The first kappa shape index (κ1) is 20.6. The van der Waals surface area contributed by atoms with E-state index in [1.165, 1.54) is 39.5 Å². The zero-order chi connectivity index (χ0) is 21.8. The number of urea groups is 1. The third-order valence-corrected chi connectivity index (χ3v) is 4.37. The fraction of sp³-hybridized carbons (Fsp3) is 0.200. The normalized spacial score (nSPS) is 13.5. The fourth-order valence-corrected chi connectivity index (χ4v) is 2.85. The highest BCUT2D eigenvalue weighted by molar-refractivity contribution is 6.53. The number of amides is 5. The monoisotopic (exact) mass is 413 g/mol. The predicted octanol–water partition coefficient (Wildman–Crippen LogP) is 1.65. The summed E-state index contributed by atoms with van der Waals surface area (Å²) in [5.74, 6) is -1.47. The molecule has 0 spiro atoms. The van der Waals surface area contributed by atoms with Gasteiger partial charge in [-0.15, -0.1) is 0 Å². The third kappa shape index (κ3) is 3.88. The standard InChI is InChI=1S/C20H19N3O7/c1-28-13-6-4-12(5-7-13)23-19(26)18(25)22(20(23)27)11-17(24)21-15-10-14(29-2)8-9-16(15)30-3/h4-10H,11H2,1-3H3,(H,21,24). The van der Waals surface area contributed by atoms with E-state index in [0.717, 1.165) is 0 Å². The quantitative estimate of drug-likeness (QED) is 0.542. The van der Waals surface area contributed by atoms with E-state index >= 15 is 0 Å². The number of nitrogens with one attached hydrogen (secondary N) is 1. The van der Waals surface area contributed by atoms with Crippen LogP contribution in [0, 0.1) is 0 Å². The molecule has 1 fully saturated rings. The van der Waals surface area contributed by atoms with E-state index in [4.69, 9.17) is 14.2 Å². The van der Waals surface area contributed by atoms with Crippen LogP contribution in [0.15, 0.2) is 42.5 Å². The Bertz CT molecular complexity index is 1000. The molecule has 2 aromatic carbocycles. The van der Waals surface area contributed by atoms with Crippen LogP contribution in [0.1, 0.15) is 0 Å². The van der Waals surface area contributed by atoms with Gasteiger partial charge in [-0.2, -0.15) is 0 Å². The number of hydrogen-bond acceptors (Lipinski definition) is 7. The maximum Gasteiger partial charge on any atom is 0.339 e. The second-order valence-corrected chi connectivity index (χ2v) is 6.13. The molecule has 0 atom stereocenters. The van der Waals surface area contributed by atoms with Gasteiger partial charge in [0, 0.05) is 6.07 Å². The number of hydrogen-bond donors (Lipinski definition) is 1. The molecule has 5 amide bonds. The van der Waals surface area contributed by atoms with Gasteiger partial charge in [0.2, 0.25) is 5.91 Å². The van der Waals surface area contributed by atoms with E-state index in [1.807, 2.05) is 0 Å². The van der Waals surface area contributed by atoms with Crippen LogP contribution in [0.3, 0.4) is 0 Å². The van der Waals surface area contributed by atoms with Crippen molar-refractivity contribution in [3.63, 3.8) is 0 Å². The zero-order valence-corrected chi connectivity index (χ0v) is 16.5. The minimum atomic E-state index is -1.09. The largest absolute Gasteiger partial charge is 0.497 e. The molecule has 1 aliphatic rings. The van der Waals surface area contributed by atoms with Gasteiger partial charge < -0.3 is 19.5 Å². The van der Waals surface area contributed by atoms with Gasteiger partial charge in [0.25, 0.3) is 0 Å². The summed E-state index contributed by atoms with van der Waals surface area (Å²) in [4.78, 5) is 51.0. The van der Waals surface area contributed by atoms with E-state index in [9.17, 15) is 19.2 Å². The summed E-state index contributed by atoms with van der Waals surface area (Å²) in [6, 6.07) is 9.87. The van der Waals surface area contributed by atoms with Gasteiger partial charge in [-0.25, -0.2) is 14.6 Å². The Kier molecular flexibility index (Phi) is 5.86. The van der Waals surface area contributed by atoms with Gasteiger partial charge in [-0.05, 0) is 36.4 Å². The molecule has 1 aliphatic heterocycles. The van der Waals surface area contributed by atoms with Gasteiger partial charge >= 0.3 is 17.8 Å². The Morgan fingerprint density at radius 3 is 2.10 bits per heavy atom. The van der Waals surface area contributed by atoms with Crippen LogP contribution in [-0.4, -0.2) is 56.5 Å². The number of anilines is 2. The van der Waals surface area contributed by atoms with Crippen molar-refractivity contribution in [3.05, 3.63) is 42.5 Å². The van der Waals surface area contributed by atoms with Crippen molar-refractivity contribution in [2.75, 3.05) is 38.1 Å². The van der Waals surface area contributed by atoms with E-state index in [-0.39, 0.29) is 5.69 Å².